The van der Waals surface area contributed by atoms with Gasteiger partial charge in [0.25, 0.3) is 15.9 Å². The van der Waals surface area contributed by atoms with E-state index in [1.807, 2.05) is 18.2 Å². The van der Waals surface area contributed by atoms with Gasteiger partial charge in [-0.15, -0.1) is 0 Å². The number of hydrogen-bond donors (Lipinski definition) is 0. The molecule has 0 saturated carbocycles. The van der Waals surface area contributed by atoms with Crippen molar-refractivity contribution in [1.82, 2.24) is 14.4 Å². The lowest BCUT2D eigenvalue weighted by atomic mass is 10.2. The van der Waals surface area contributed by atoms with E-state index in [2.05, 4.69) is 9.88 Å². The van der Waals surface area contributed by atoms with Crippen molar-refractivity contribution in [2.75, 3.05) is 45.2 Å². The van der Waals surface area contributed by atoms with Crippen LogP contribution < -0.4 is 4.90 Å². The molecule has 144 valence electrons. The van der Waals surface area contributed by atoms with Crippen LogP contribution in [-0.2, 0) is 14.9 Å². The van der Waals surface area contributed by atoms with Gasteiger partial charge in [0.2, 0.25) is 0 Å². The Morgan fingerprint density at radius 1 is 1.11 bits per heavy atom. The van der Waals surface area contributed by atoms with Gasteiger partial charge in [0, 0.05) is 45.0 Å². The summed E-state index contributed by atoms with van der Waals surface area (Å²) in [6.07, 6.45) is 1.75. The molecule has 1 fully saturated rings. The third-order valence-electron chi connectivity index (χ3n) is 4.51. The third-order valence-corrected chi connectivity index (χ3v) is 6.19. The molecule has 9 heteroatoms. The lowest BCUT2D eigenvalue weighted by molar-refractivity contribution is -0.0258. The van der Waals surface area contributed by atoms with Crippen LogP contribution in [0.3, 0.4) is 0 Å². The summed E-state index contributed by atoms with van der Waals surface area (Å²) in [5, 5.41) is 0. The van der Waals surface area contributed by atoms with Crippen molar-refractivity contribution in [1.29, 1.82) is 0 Å². The van der Waals surface area contributed by atoms with Crippen LogP contribution >= 0.6 is 0 Å². The number of pyridine rings is 1. The molecule has 0 atom stereocenters. The second-order valence-electron chi connectivity index (χ2n) is 6.09. The number of aromatic nitrogens is 1. The minimum Gasteiger partial charge on any atom is -0.353 e. The number of hydroxylamine groups is 1. The molecule has 0 bridgehead atoms. The predicted molar refractivity (Wildman–Crippen MR) is 101 cm³/mol. The lowest BCUT2D eigenvalue weighted by Gasteiger charge is -2.35. The van der Waals surface area contributed by atoms with E-state index < -0.39 is 10.0 Å². The van der Waals surface area contributed by atoms with Gasteiger partial charge < -0.3 is 9.80 Å². The molecule has 1 aromatic carbocycles. The van der Waals surface area contributed by atoms with E-state index in [4.69, 9.17) is 4.84 Å². The highest BCUT2D eigenvalue weighted by molar-refractivity contribution is 7.89. The first-order valence-corrected chi connectivity index (χ1v) is 9.96. The maximum atomic E-state index is 12.8. The Kier molecular flexibility index (Phi) is 5.73. The van der Waals surface area contributed by atoms with Crippen LogP contribution in [-0.4, -0.2) is 69.0 Å². The van der Waals surface area contributed by atoms with Crippen LogP contribution in [0.5, 0.6) is 0 Å². The Hall–Kier alpha value is -2.49. The van der Waals surface area contributed by atoms with Crippen molar-refractivity contribution in [3.05, 3.63) is 54.2 Å². The Bertz CT molecular complexity index is 897. The molecule has 0 radical (unpaired) electrons. The molecular formula is C18H22N4O4S. The first-order valence-electron chi connectivity index (χ1n) is 8.52. The van der Waals surface area contributed by atoms with E-state index in [1.54, 1.807) is 23.2 Å². The molecule has 0 unspecified atom stereocenters. The fourth-order valence-electron chi connectivity index (χ4n) is 2.90. The van der Waals surface area contributed by atoms with Gasteiger partial charge in [0.05, 0.1) is 12.0 Å². The van der Waals surface area contributed by atoms with Crippen LogP contribution in [0, 0.1) is 0 Å². The molecule has 1 amide bonds. The average Bonchev–Trinajstić information content (AvgIpc) is 2.73. The molecule has 1 aromatic heterocycles. The first kappa shape index (κ1) is 19.3. The fourth-order valence-corrected chi connectivity index (χ4v) is 3.92. The number of rotatable bonds is 5. The van der Waals surface area contributed by atoms with Crippen LogP contribution in [0.15, 0.2) is 53.6 Å². The first-order chi connectivity index (χ1) is 12.9. The van der Waals surface area contributed by atoms with E-state index in [9.17, 15) is 13.2 Å². The van der Waals surface area contributed by atoms with Crippen molar-refractivity contribution >= 4 is 21.7 Å². The zero-order chi connectivity index (χ0) is 19.4. The van der Waals surface area contributed by atoms with E-state index in [-0.39, 0.29) is 10.8 Å². The maximum absolute atomic E-state index is 12.8. The summed E-state index contributed by atoms with van der Waals surface area (Å²) in [7, 11) is -1.22. The van der Waals surface area contributed by atoms with Gasteiger partial charge in [0.1, 0.15) is 5.82 Å². The molecule has 1 aliphatic heterocycles. The highest BCUT2D eigenvalue weighted by Crippen LogP contribution is 2.19. The quantitative estimate of drug-likeness (QED) is 0.714. The molecule has 1 saturated heterocycles. The molecular weight excluding hydrogens is 368 g/mol. The standard InChI is InChI=1S/C18H22N4O4S/c1-20(26-2)27(24,25)16-7-5-6-15(14-16)18(23)22-12-10-21(11-13-22)17-8-3-4-9-19-17/h3-9,14H,10-13H2,1-2H3. The molecule has 27 heavy (non-hydrogen) atoms. The van der Waals surface area contributed by atoms with Gasteiger partial charge in [0.15, 0.2) is 0 Å². The minimum absolute atomic E-state index is 0.0184. The van der Waals surface area contributed by atoms with Crippen molar-refractivity contribution in [2.45, 2.75) is 4.90 Å². The average molecular weight is 390 g/mol. The van der Waals surface area contributed by atoms with Gasteiger partial charge in [-0.2, -0.15) is 0 Å². The normalized spacial score (nSPS) is 15.2. The number of benzene rings is 1. The van der Waals surface area contributed by atoms with Crippen LogP contribution in [0.25, 0.3) is 0 Å². The second-order valence-corrected chi connectivity index (χ2v) is 8.03. The highest BCUT2D eigenvalue weighted by atomic mass is 32.2. The molecule has 0 N–H and O–H groups in total. The van der Waals surface area contributed by atoms with Gasteiger partial charge in [-0.05, 0) is 30.3 Å². The van der Waals surface area contributed by atoms with Gasteiger partial charge in [-0.25, -0.2) is 13.4 Å². The fraction of sp³-hybridized carbons (Fsp3) is 0.333. The van der Waals surface area contributed by atoms with Crippen molar-refractivity contribution in [3.8, 4) is 0 Å². The molecule has 8 nitrogen and oxygen atoms in total. The van der Waals surface area contributed by atoms with Crippen LogP contribution in [0.4, 0.5) is 5.82 Å². The number of sulfonamides is 1. The van der Waals surface area contributed by atoms with Gasteiger partial charge >= 0.3 is 0 Å². The molecule has 2 aromatic rings. The summed E-state index contributed by atoms with van der Waals surface area (Å²) >= 11 is 0. The Morgan fingerprint density at radius 3 is 2.48 bits per heavy atom. The number of piperazine rings is 1. The Balaban J connectivity index is 1.71. The summed E-state index contributed by atoms with van der Waals surface area (Å²) in [6.45, 7) is 2.44. The van der Waals surface area contributed by atoms with Crippen LogP contribution in [0.2, 0.25) is 0 Å². The Labute approximate surface area is 159 Å². The summed E-state index contributed by atoms with van der Waals surface area (Å²) in [5.41, 5.74) is 0.340. The zero-order valence-corrected chi connectivity index (χ0v) is 16.1. The number of carbonyl (C=O) groups excluding carboxylic acids is 1. The zero-order valence-electron chi connectivity index (χ0n) is 15.3. The molecule has 1 aliphatic rings. The number of carbonyl (C=O) groups is 1. The van der Waals surface area contributed by atoms with E-state index in [0.717, 1.165) is 10.3 Å². The van der Waals surface area contributed by atoms with Crippen LogP contribution in [0.1, 0.15) is 10.4 Å². The van der Waals surface area contributed by atoms with Crippen molar-refractivity contribution < 1.29 is 18.0 Å². The number of anilines is 1. The van der Waals surface area contributed by atoms with Gasteiger partial charge in [-0.1, -0.05) is 16.6 Å². The molecule has 0 aliphatic carbocycles. The number of amides is 1. The SMILES string of the molecule is CON(C)S(=O)(=O)c1cccc(C(=O)N2CCN(c3ccccn3)CC2)c1. The predicted octanol–water partition coefficient (Wildman–Crippen LogP) is 1.23. The smallest absolute Gasteiger partial charge is 0.264 e. The number of nitrogens with zero attached hydrogens (tertiary/aromatic N) is 4. The van der Waals surface area contributed by atoms with E-state index in [0.29, 0.717) is 31.7 Å². The number of hydrogen-bond acceptors (Lipinski definition) is 6. The van der Waals surface area contributed by atoms with E-state index in [1.165, 1.54) is 26.3 Å². The summed E-state index contributed by atoms with van der Waals surface area (Å²) in [6, 6.07) is 11.8. The molecule has 2 heterocycles. The minimum atomic E-state index is -3.80. The van der Waals surface area contributed by atoms with Crippen molar-refractivity contribution in [3.63, 3.8) is 0 Å². The Morgan fingerprint density at radius 2 is 1.85 bits per heavy atom. The summed E-state index contributed by atoms with van der Waals surface area (Å²) in [5.74, 6) is 0.702. The molecule has 3 rings (SSSR count). The lowest BCUT2D eigenvalue weighted by Crippen LogP contribution is -2.49. The second kappa shape index (κ2) is 8.03. The molecule has 0 spiro atoms. The summed E-state index contributed by atoms with van der Waals surface area (Å²) in [4.78, 5) is 25.8. The third kappa shape index (κ3) is 4.10. The van der Waals surface area contributed by atoms with Gasteiger partial charge in [-0.3, -0.25) is 9.63 Å². The maximum Gasteiger partial charge on any atom is 0.264 e. The highest BCUT2D eigenvalue weighted by Gasteiger charge is 2.25. The summed E-state index contributed by atoms with van der Waals surface area (Å²) < 4.78 is 25.5. The largest absolute Gasteiger partial charge is 0.353 e. The van der Waals surface area contributed by atoms with E-state index >= 15 is 0 Å². The van der Waals surface area contributed by atoms with Crippen molar-refractivity contribution in [2.24, 2.45) is 0 Å². The topological polar surface area (TPSA) is 83.0 Å². The monoisotopic (exact) mass is 390 g/mol.